The molecule has 0 atom stereocenters. The molecule has 1 rings (SSSR count). The van der Waals surface area contributed by atoms with Crippen LogP contribution in [0.25, 0.3) is 0 Å². The van der Waals surface area contributed by atoms with E-state index in [0.29, 0.717) is 64.4 Å². The highest BCUT2D eigenvalue weighted by Crippen LogP contribution is 2.18. The minimum absolute atomic E-state index is 0.507. The molecule has 1 aromatic heterocycles. The van der Waals surface area contributed by atoms with Crippen LogP contribution in [0, 0.1) is 0 Å². The van der Waals surface area contributed by atoms with Crippen LogP contribution in [0.5, 0.6) is 0 Å². The number of nitrogens with one attached hydrogen (secondary N) is 1. The molecule has 10 nitrogen and oxygen atoms in total. The number of anilines is 2. The minimum atomic E-state index is -2.61. The monoisotopic (exact) mass is 401 g/mol. The zero-order chi connectivity index (χ0) is 20.0. The molecule has 0 saturated carbocycles. The van der Waals surface area contributed by atoms with Gasteiger partial charge in [0, 0.05) is 58.6 Å². The van der Waals surface area contributed by atoms with E-state index in [-0.39, 0.29) is 0 Å². The predicted molar refractivity (Wildman–Crippen MR) is 109 cm³/mol. The van der Waals surface area contributed by atoms with Crippen LogP contribution in [-0.2, 0) is 13.3 Å². The molecule has 0 aliphatic carbocycles. The number of nitrogens with two attached hydrogens (primary N) is 2. The van der Waals surface area contributed by atoms with Crippen molar-refractivity contribution in [3.8, 4) is 0 Å². The second kappa shape index (κ2) is 13.7. The largest absolute Gasteiger partial charge is 0.500 e. The Bertz CT molecular complexity index is 490. The van der Waals surface area contributed by atoms with E-state index in [0.717, 1.165) is 12.5 Å². The molecule has 0 bridgehead atoms. The molecular weight excluding hydrogens is 366 g/mol. The second-order valence-corrected chi connectivity index (χ2v) is 8.42. The molecule has 0 aliphatic heterocycles. The maximum atomic E-state index is 5.86. The van der Waals surface area contributed by atoms with Gasteiger partial charge >= 0.3 is 8.80 Å². The summed E-state index contributed by atoms with van der Waals surface area (Å²) < 4.78 is 17.6. The lowest BCUT2D eigenvalue weighted by atomic mass is 10.5. The van der Waals surface area contributed by atoms with Gasteiger partial charge in [-0.05, 0) is 27.2 Å². The zero-order valence-corrected chi connectivity index (χ0v) is 17.8. The Morgan fingerprint density at radius 2 is 1.59 bits per heavy atom. The van der Waals surface area contributed by atoms with Crippen LogP contribution in [0.2, 0.25) is 6.04 Å². The molecule has 11 heteroatoms. The molecule has 0 saturated heterocycles. The van der Waals surface area contributed by atoms with Crippen LogP contribution in [0.3, 0.4) is 0 Å². The Labute approximate surface area is 163 Å². The van der Waals surface area contributed by atoms with E-state index in [9.17, 15) is 0 Å². The summed E-state index contributed by atoms with van der Waals surface area (Å²) >= 11 is 0. The van der Waals surface area contributed by atoms with Gasteiger partial charge in [0.1, 0.15) is 6.33 Å². The van der Waals surface area contributed by atoms with E-state index in [1.54, 1.807) is 0 Å². The van der Waals surface area contributed by atoms with E-state index in [4.69, 9.17) is 24.7 Å². The van der Waals surface area contributed by atoms with Gasteiger partial charge in [-0.1, -0.05) is 0 Å². The molecule has 27 heavy (non-hydrogen) atoms. The quantitative estimate of drug-likeness (QED) is 0.265. The van der Waals surface area contributed by atoms with Crippen LogP contribution >= 0.6 is 0 Å². The fourth-order valence-corrected chi connectivity index (χ4v) is 5.27. The van der Waals surface area contributed by atoms with Crippen molar-refractivity contribution in [1.29, 1.82) is 0 Å². The van der Waals surface area contributed by atoms with Crippen LogP contribution in [0.15, 0.2) is 6.33 Å². The standard InChI is InChI=1S/C16H35N7O3Si/c1-4-24-27(25-5-2,26-6-3)13-7-10-19-15-20-14-21-16(22-15)23(11-8-17)12-9-18/h14H,4-13,17-18H2,1-3H3,(H,19,20,21,22). The van der Waals surface area contributed by atoms with Gasteiger partial charge in [0.2, 0.25) is 11.9 Å². The molecule has 5 N–H and O–H groups in total. The first-order valence-corrected chi connectivity index (χ1v) is 11.6. The summed E-state index contributed by atoms with van der Waals surface area (Å²) in [7, 11) is -2.61. The average Bonchev–Trinajstić information content (AvgIpc) is 2.66. The summed E-state index contributed by atoms with van der Waals surface area (Å²) in [5.41, 5.74) is 11.3. The van der Waals surface area contributed by atoms with E-state index in [2.05, 4.69) is 20.3 Å². The normalized spacial score (nSPS) is 11.6. The van der Waals surface area contributed by atoms with Crippen molar-refractivity contribution < 1.29 is 13.3 Å². The summed E-state index contributed by atoms with van der Waals surface area (Å²) in [5.74, 6) is 1.10. The lowest BCUT2D eigenvalue weighted by molar-refractivity contribution is 0.0710. The molecule has 1 heterocycles. The van der Waals surface area contributed by atoms with Crippen molar-refractivity contribution >= 4 is 20.7 Å². The maximum absolute atomic E-state index is 5.86. The van der Waals surface area contributed by atoms with E-state index >= 15 is 0 Å². The van der Waals surface area contributed by atoms with Crippen LogP contribution < -0.4 is 21.7 Å². The van der Waals surface area contributed by atoms with E-state index < -0.39 is 8.80 Å². The van der Waals surface area contributed by atoms with Crippen molar-refractivity contribution in [3.63, 3.8) is 0 Å². The molecule has 0 radical (unpaired) electrons. The summed E-state index contributed by atoms with van der Waals surface area (Å²) in [6.45, 7) is 10.6. The molecule has 0 spiro atoms. The van der Waals surface area contributed by atoms with Gasteiger partial charge in [0.15, 0.2) is 0 Å². The van der Waals surface area contributed by atoms with Crippen molar-refractivity contribution in [1.82, 2.24) is 15.0 Å². The molecule has 0 amide bonds. The topological polar surface area (TPSA) is 134 Å². The van der Waals surface area contributed by atoms with Crippen LogP contribution in [-0.4, -0.2) is 76.3 Å². The Hall–Kier alpha value is -1.37. The van der Waals surface area contributed by atoms with Gasteiger partial charge in [-0.3, -0.25) is 0 Å². The molecular formula is C16H35N7O3Si. The Kier molecular flexibility index (Phi) is 12.0. The molecule has 0 fully saturated rings. The van der Waals surface area contributed by atoms with Gasteiger partial charge in [0.05, 0.1) is 0 Å². The fraction of sp³-hybridized carbons (Fsp3) is 0.812. The second-order valence-electron chi connectivity index (χ2n) is 5.69. The molecule has 0 aliphatic rings. The molecule has 0 unspecified atom stereocenters. The van der Waals surface area contributed by atoms with Crippen molar-refractivity contribution in [2.24, 2.45) is 11.5 Å². The first-order chi connectivity index (χ1) is 13.1. The number of rotatable bonds is 16. The van der Waals surface area contributed by atoms with Crippen LogP contribution in [0.1, 0.15) is 27.2 Å². The summed E-state index contributed by atoms with van der Waals surface area (Å²) in [5, 5.41) is 3.23. The van der Waals surface area contributed by atoms with Crippen molar-refractivity contribution in [2.75, 3.05) is 62.8 Å². The Morgan fingerprint density at radius 3 is 2.11 bits per heavy atom. The van der Waals surface area contributed by atoms with Gasteiger partial charge in [-0.15, -0.1) is 0 Å². The zero-order valence-electron chi connectivity index (χ0n) is 16.8. The highest BCUT2D eigenvalue weighted by molar-refractivity contribution is 6.60. The minimum Gasteiger partial charge on any atom is -0.374 e. The Morgan fingerprint density at radius 1 is 1.00 bits per heavy atom. The van der Waals surface area contributed by atoms with Crippen LogP contribution in [0.4, 0.5) is 11.9 Å². The number of hydrogen-bond acceptors (Lipinski definition) is 10. The summed E-state index contributed by atoms with van der Waals surface area (Å²) in [4.78, 5) is 14.8. The van der Waals surface area contributed by atoms with Crippen molar-refractivity contribution in [2.45, 2.75) is 33.2 Å². The smallest absolute Gasteiger partial charge is 0.374 e. The van der Waals surface area contributed by atoms with Gasteiger partial charge in [-0.2, -0.15) is 4.98 Å². The molecule has 156 valence electrons. The predicted octanol–water partition coefficient (Wildman–Crippen LogP) is 0.446. The van der Waals surface area contributed by atoms with Crippen molar-refractivity contribution in [3.05, 3.63) is 6.33 Å². The summed E-state index contributed by atoms with van der Waals surface area (Å²) in [6.07, 6.45) is 2.31. The highest BCUT2D eigenvalue weighted by atomic mass is 28.4. The first kappa shape index (κ1) is 23.7. The Balaban J connectivity index is 2.60. The average molecular weight is 402 g/mol. The maximum Gasteiger partial charge on any atom is 0.500 e. The SMILES string of the molecule is CCO[Si](CCCNc1ncnc(N(CCN)CCN)n1)(OCC)OCC. The van der Waals surface area contributed by atoms with Gasteiger partial charge in [0.25, 0.3) is 0 Å². The first-order valence-electron chi connectivity index (χ1n) is 9.64. The van der Waals surface area contributed by atoms with E-state index in [1.807, 2.05) is 25.7 Å². The van der Waals surface area contributed by atoms with E-state index in [1.165, 1.54) is 6.33 Å². The third kappa shape index (κ3) is 8.45. The third-order valence-electron chi connectivity index (χ3n) is 3.68. The number of aromatic nitrogens is 3. The van der Waals surface area contributed by atoms with Gasteiger partial charge < -0.3 is 35.0 Å². The fourth-order valence-electron chi connectivity index (χ4n) is 2.65. The molecule has 1 aromatic rings. The van der Waals surface area contributed by atoms with Gasteiger partial charge in [-0.25, -0.2) is 9.97 Å². The lowest BCUT2D eigenvalue weighted by Gasteiger charge is -2.28. The highest BCUT2D eigenvalue weighted by Gasteiger charge is 2.39. The third-order valence-corrected chi connectivity index (χ3v) is 6.83. The number of nitrogens with zero attached hydrogens (tertiary/aromatic N) is 4. The number of hydrogen-bond donors (Lipinski definition) is 3. The molecule has 0 aromatic carbocycles. The summed E-state index contributed by atoms with van der Waals surface area (Å²) in [6, 6.07) is 0.736. The lowest BCUT2D eigenvalue weighted by Crippen LogP contribution is -2.46.